The third-order valence-corrected chi connectivity index (χ3v) is 5.81. The van der Waals surface area contributed by atoms with Gasteiger partial charge in [-0.2, -0.15) is 4.68 Å². The van der Waals surface area contributed by atoms with E-state index in [1.165, 1.54) is 11.8 Å². The van der Waals surface area contributed by atoms with Gasteiger partial charge in [-0.05, 0) is 70.8 Å². The molecule has 1 amide bonds. The van der Waals surface area contributed by atoms with Crippen molar-refractivity contribution in [3.05, 3.63) is 77.4 Å². The molecule has 0 fully saturated rings. The highest BCUT2D eigenvalue weighted by molar-refractivity contribution is 7.99. The number of hydrogen-bond acceptors (Lipinski definition) is 5. The molecule has 0 spiro atoms. The van der Waals surface area contributed by atoms with Crippen LogP contribution in [0.1, 0.15) is 29.7 Å². The van der Waals surface area contributed by atoms with E-state index < -0.39 is 0 Å². The first-order chi connectivity index (χ1) is 14.5. The smallest absolute Gasteiger partial charge is 0.230 e. The van der Waals surface area contributed by atoms with Gasteiger partial charge in [-0.15, -0.1) is 5.10 Å². The first kappa shape index (κ1) is 20.1. The number of benzene rings is 3. The molecular weight excluding hydrogens is 394 g/mol. The zero-order valence-electron chi connectivity index (χ0n) is 17.2. The summed E-state index contributed by atoms with van der Waals surface area (Å²) in [6.07, 6.45) is 0. The molecule has 30 heavy (non-hydrogen) atoms. The highest BCUT2D eigenvalue weighted by Crippen LogP contribution is 2.25. The maximum atomic E-state index is 12.6. The van der Waals surface area contributed by atoms with E-state index in [1.807, 2.05) is 51.1 Å². The number of hydrogen-bond donors (Lipinski definition) is 1. The van der Waals surface area contributed by atoms with Crippen LogP contribution < -0.4 is 5.32 Å². The number of carbonyl (C=O) groups excluding carboxylic acids is 1. The molecule has 4 rings (SSSR count). The van der Waals surface area contributed by atoms with Crippen LogP contribution in [-0.2, 0) is 4.79 Å². The molecule has 0 saturated heterocycles. The fourth-order valence-corrected chi connectivity index (χ4v) is 4.32. The van der Waals surface area contributed by atoms with Crippen LogP contribution in [0.25, 0.3) is 16.5 Å². The molecule has 152 valence electrons. The van der Waals surface area contributed by atoms with Crippen molar-refractivity contribution in [2.24, 2.45) is 0 Å². The van der Waals surface area contributed by atoms with Crippen molar-refractivity contribution in [1.29, 1.82) is 0 Å². The van der Waals surface area contributed by atoms with Gasteiger partial charge in [0.25, 0.3) is 0 Å². The van der Waals surface area contributed by atoms with E-state index in [0.717, 1.165) is 33.2 Å². The van der Waals surface area contributed by atoms with Crippen molar-refractivity contribution in [3.63, 3.8) is 0 Å². The molecule has 1 N–H and O–H groups in total. The molecular formula is C23H23N5OS. The van der Waals surface area contributed by atoms with Crippen LogP contribution in [0.15, 0.2) is 65.8 Å². The topological polar surface area (TPSA) is 72.7 Å². The number of aromatic nitrogens is 4. The van der Waals surface area contributed by atoms with Gasteiger partial charge in [0.1, 0.15) is 0 Å². The lowest BCUT2D eigenvalue weighted by Gasteiger charge is -2.16. The fourth-order valence-electron chi connectivity index (χ4n) is 3.62. The number of aryl methyl sites for hydroxylation is 2. The number of rotatable bonds is 6. The summed E-state index contributed by atoms with van der Waals surface area (Å²) in [5.74, 6) is 0.177. The number of tetrazole rings is 1. The first-order valence-electron chi connectivity index (χ1n) is 9.78. The van der Waals surface area contributed by atoms with Crippen LogP contribution in [-0.4, -0.2) is 31.9 Å². The van der Waals surface area contributed by atoms with E-state index in [0.29, 0.717) is 5.16 Å². The molecule has 0 aliphatic rings. The molecule has 6 nitrogen and oxygen atoms in total. The molecule has 0 radical (unpaired) electrons. The van der Waals surface area contributed by atoms with Gasteiger partial charge in [0.05, 0.1) is 17.5 Å². The highest BCUT2D eigenvalue weighted by atomic mass is 32.2. The van der Waals surface area contributed by atoms with E-state index in [-0.39, 0.29) is 17.7 Å². The third-order valence-electron chi connectivity index (χ3n) is 4.89. The molecule has 3 aromatic carbocycles. The maximum Gasteiger partial charge on any atom is 0.230 e. The van der Waals surface area contributed by atoms with Crippen LogP contribution in [0.3, 0.4) is 0 Å². The van der Waals surface area contributed by atoms with E-state index >= 15 is 0 Å². The van der Waals surface area contributed by atoms with Crippen LogP contribution in [0.5, 0.6) is 0 Å². The number of nitrogens with one attached hydrogen (secondary N) is 1. The fraction of sp³-hybridized carbons (Fsp3) is 0.217. The molecule has 0 saturated carbocycles. The number of fused-ring (bicyclic) bond motifs is 1. The average molecular weight is 418 g/mol. The normalized spacial score (nSPS) is 12.1. The minimum absolute atomic E-state index is 0.0598. The van der Waals surface area contributed by atoms with Crippen molar-refractivity contribution in [1.82, 2.24) is 25.5 Å². The average Bonchev–Trinajstić information content (AvgIpc) is 3.20. The van der Waals surface area contributed by atoms with Gasteiger partial charge in [0.15, 0.2) is 0 Å². The second-order valence-electron chi connectivity index (χ2n) is 7.37. The number of carbonyl (C=O) groups is 1. The van der Waals surface area contributed by atoms with E-state index in [2.05, 4.69) is 51.2 Å². The van der Waals surface area contributed by atoms with Gasteiger partial charge in [-0.1, -0.05) is 60.3 Å². The summed E-state index contributed by atoms with van der Waals surface area (Å²) in [5.41, 5.74) is 4.27. The Bertz CT molecular complexity index is 1180. The first-order valence-corrected chi connectivity index (χ1v) is 10.8. The Balaban J connectivity index is 1.44. The Labute approximate surface area is 179 Å². The number of thioether (sulfide) groups is 1. The van der Waals surface area contributed by atoms with E-state index in [9.17, 15) is 4.79 Å². The van der Waals surface area contributed by atoms with Gasteiger partial charge >= 0.3 is 0 Å². The Morgan fingerprint density at radius 3 is 2.60 bits per heavy atom. The van der Waals surface area contributed by atoms with Crippen molar-refractivity contribution >= 4 is 28.4 Å². The van der Waals surface area contributed by atoms with Crippen molar-refractivity contribution in [3.8, 4) is 5.69 Å². The van der Waals surface area contributed by atoms with Crippen LogP contribution in [0.2, 0.25) is 0 Å². The van der Waals surface area contributed by atoms with Gasteiger partial charge in [0.2, 0.25) is 11.1 Å². The quantitative estimate of drug-likeness (QED) is 0.471. The Morgan fingerprint density at radius 1 is 1.07 bits per heavy atom. The number of nitrogens with zero attached hydrogens (tertiary/aromatic N) is 4. The second-order valence-corrected chi connectivity index (χ2v) is 8.31. The zero-order valence-corrected chi connectivity index (χ0v) is 18.0. The largest absolute Gasteiger partial charge is 0.349 e. The Hall–Kier alpha value is -3.19. The minimum Gasteiger partial charge on any atom is -0.349 e. The summed E-state index contributed by atoms with van der Waals surface area (Å²) >= 11 is 1.32. The molecule has 0 bridgehead atoms. The SMILES string of the molecule is Cc1cc(C)cc(-n2nnnc2SCC(=O)N[C@H](C)c2cccc3ccccc23)c1. The van der Waals surface area contributed by atoms with Gasteiger partial charge < -0.3 is 5.32 Å². The molecule has 0 aliphatic heterocycles. The lowest BCUT2D eigenvalue weighted by atomic mass is 10.00. The second kappa shape index (κ2) is 8.67. The van der Waals surface area contributed by atoms with Crippen molar-refractivity contribution in [2.75, 3.05) is 5.75 Å². The van der Waals surface area contributed by atoms with Gasteiger partial charge in [-0.3, -0.25) is 4.79 Å². The van der Waals surface area contributed by atoms with E-state index in [1.54, 1.807) is 4.68 Å². The van der Waals surface area contributed by atoms with Crippen LogP contribution >= 0.6 is 11.8 Å². The molecule has 1 heterocycles. The lowest BCUT2D eigenvalue weighted by molar-refractivity contribution is -0.119. The summed E-state index contributed by atoms with van der Waals surface area (Å²) in [6, 6.07) is 20.4. The summed E-state index contributed by atoms with van der Waals surface area (Å²) in [7, 11) is 0. The van der Waals surface area contributed by atoms with Crippen molar-refractivity contribution < 1.29 is 4.79 Å². The molecule has 1 aromatic heterocycles. The lowest BCUT2D eigenvalue weighted by Crippen LogP contribution is -2.28. The Morgan fingerprint density at radius 2 is 1.80 bits per heavy atom. The van der Waals surface area contributed by atoms with E-state index in [4.69, 9.17) is 0 Å². The summed E-state index contributed by atoms with van der Waals surface area (Å²) in [4.78, 5) is 12.6. The minimum atomic E-state index is -0.0976. The third kappa shape index (κ3) is 4.36. The molecule has 4 aromatic rings. The molecule has 0 aliphatic carbocycles. The summed E-state index contributed by atoms with van der Waals surface area (Å²) in [6.45, 7) is 6.08. The monoisotopic (exact) mass is 417 g/mol. The van der Waals surface area contributed by atoms with Crippen LogP contribution in [0, 0.1) is 13.8 Å². The highest BCUT2D eigenvalue weighted by Gasteiger charge is 2.15. The standard InChI is InChI=1S/C23H23N5OS/c1-15-11-16(2)13-19(12-15)28-23(25-26-27-28)30-14-22(29)24-17(3)20-10-6-8-18-7-4-5-9-21(18)20/h4-13,17H,14H2,1-3H3,(H,24,29)/t17-/m1/s1. The summed E-state index contributed by atoms with van der Waals surface area (Å²) in [5, 5.41) is 18.0. The summed E-state index contributed by atoms with van der Waals surface area (Å²) < 4.78 is 1.67. The molecule has 1 atom stereocenters. The Kier molecular flexibility index (Phi) is 5.81. The molecule has 7 heteroatoms. The predicted molar refractivity (Wildman–Crippen MR) is 120 cm³/mol. The zero-order chi connectivity index (χ0) is 21.1. The van der Waals surface area contributed by atoms with Crippen LogP contribution in [0.4, 0.5) is 0 Å². The number of amides is 1. The van der Waals surface area contributed by atoms with Crippen molar-refractivity contribution in [2.45, 2.75) is 32.0 Å². The van der Waals surface area contributed by atoms with Gasteiger partial charge in [0, 0.05) is 0 Å². The maximum absolute atomic E-state index is 12.6. The molecule has 0 unspecified atom stereocenters. The van der Waals surface area contributed by atoms with Gasteiger partial charge in [-0.25, -0.2) is 0 Å². The predicted octanol–water partition coefficient (Wildman–Crippen LogP) is 4.40.